The van der Waals surface area contributed by atoms with Gasteiger partial charge in [-0.2, -0.15) is 0 Å². The number of hydrogen-bond acceptors (Lipinski definition) is 7. The zero-order chi connectivity index (χ0) is 23.7. The summed E-state index contributed by atoms with van der Waals surface area (Å²) in [5, 5.41) is 14.9. The third kappa shape index (κ3) is 4.83. The monoisotopic (exact) mass is 477 g/mol. The van der Waals surface area contributed by atoms with Crippen LogP contribution in [0.4, 0.5) is 24.7 Å². The molecule has 1 aliphatic rings. The van der Waals surface area contributed by atoms with Gasteiger partial charge in [-0.05, 0) is 26.8 Å². The highest BCUT2D eigenvalue weighted by Crippen LogP contribution is 2.41. The van der Waals surface area contributed by atoms with Gasteiger partial charge >= 0.3 is 6.03 Å². The molecule has 0 bridgehead atoms. The van der Waals surface area contributed by atoms with E-state index in [1.54, 1.807) is 25.3 Å². The third-order valence-corrected chi connectivity index (χ3v) is 6.68. The van der Waals surface area contributed by atoms with E-state index in [0.29, 0.717) is 28.9 Å². The minimum atomic E-state index is -2.56. The molecule has 2 amide bonds. The van der Waals surface area contributed by atoms with E-state index < -0.39 is 12.5 Å². The number of aliphatic hydroxyl groups is 1. The Bertz CT molecular complexity index is 1130. The Hall–Kier alpha value is -3.05. The predicted molar refractivity (Wildman–Crippen MR) is 122 cm³/mol. The fraction of sp³-hybridized carbons (Fsp3) is 0.409. The number of benzene rings is 1. The van der Waals surface area contributed by atoms with Crippen LogP contribution in [-0.4, -0.2) is 39.8 Å². The average molecular weight is 478 g/mol. The molecule has 3 aromatic rings. The van der Waals surface area contributed by atoms with Crippen molar-refractivity contribution in [2.45, 2.75) is 51.7 Å². The predicted octanol–water partition coefficient (Wildman–Crippen LogP) is 4.75. The molecule has 33 heavy (non-hydrogen) atoms. The van der Waals surface area contributed by atoms with E-state index in [-0.39, 0.29) is 30.3 Å². The van der Waals surface area contributed by atoms with E-state index in [1.165, 1.54) is 23.5 Å². The van der Waals surface area contributed by atoms with Gasteiger partial charge in [0.05, 0.1) is 35.5 Å². The lowest BCUT2D eigenvalue weighted by Gasteiger charge is -2.36. The van der Waals surface area contributed by atoms with Crippen molar-refractivity contribution in [3.63, 3.8) is 0 Å². The summed E-state index contributed by atoms with van der Waals surface area (Å²) in [6.07, 6.45) is -0.386. The summed E-state index contributed by atoms with van der Waals surface area (Å²) >= 11 is 1.38. The van der Waals surface area contributed by atoms with Crippen LogP contribution in [0.5, 0.6) is 0 Å². The minimum absolute atomic E-state index is 0.0181. The first kappa shape index (κ1) is 23.1. The Kier molecular flexibility index (Phi) is 6.61. The molecule has 4 rings (SSSR count). The van der Waals surface area contributed by atoms with Crippen molar-refractivity contribution >= 4 is 28.5 Å². The Labute approximate surface area is 193 Å². The first-order chi connectivity index (χ1) is 15.8. The van der Waals surface area contributed by atoms with Crippen LogP contribution in [0, 0.1) is 0 Å². The van der Waals surface area contributed by atoms with Gasteiger partial charge in [-0.3, -0.25) is 5.32 Å². The van der Waals surface area contributed by atoms with Crippen LogP contribution >= 0.6 is 11.3 Å². The number of rotatable bonds is 6. The molecule has 11 heteroatoms. The van der Waals surface area contributed by atoms with E-state index in [1.807, 2.05) is 18.7 Å². The summed E-state index contributed by atoms with van der Waals surface area (Å²) in [7, 11) is 0. The molecule has 8 nitrogen and oxygen atoms in total. The normalized spacial score (nSPS) is 18.8. The van der Waals surface area contributed by atoms with Gasteiger partial charge in [-0.15, -0.1) is 0 Å². The number of halogens is 2. The molecular formula is C22H25F2N5O3S. The Morgan fingerprint density at radius 1 is 1.39 bits per heavy atom. The van der Waals surface area contributed by atoms with Crippen molar-refractivity contribution in [2.75, 3.05) is 16.8 Å². The van der Waals surface area contributed by atoms with Gasteiger partial charge in [0.2, 0.25) is 0 Å². The number of hydrogen-bond donors (Lipinski definition) is 3. The third-order valence-electron chi connectivity index (χ3n) is 5.50. The lowest BCUT2D eigenvalue weighted by molar-refractivity contribution is 0.151. The molecule has 0 saturated heterocycles. The van der Waals surface area contributed by atoms with Crippen molar-refractivity contribution in [1.29, 1.82) is 0 Å². The number of aliphatic hydroxyl groups excluding tert-OH is 1. The lowest BCUT2D eigenvalue weighted by Crippen LogP contribution is -2.40. The number of oxazole rings is 1. The topological polar surface area (TPSA) is 104 Å². The van der Waals surface area contributed by atoms with Crippen LogP contribution in [-0.2, 0) is 6.42 Å². The summed E-state index contributed by atoms with van der Waals surface area (Å²) in [5.74, 6) is 0.416. The number of urea groups is 1. The van der Waals surface area contributed by atoms with Gasteiger partial charge in [-0.25, -0.2) is 23.5 Å². The first-order valence-corrected chi connectivity index (χ1v) is 11.4. The highest BCUT2D eigenvalue weighted by molar-refractivity contribution is 7.16. The number of fused-ring (bicyclic) bond motifs is 1. The number of thiazole rings is 1. The second-order valence-electron chi connectivity index (χ2n) is 8.08. The molecule has 0 fully saturated rings. The van der Waals surface area contributed by atoms with Crippen LogP contribution in [0.15, 0.2) is 34.9 Å². The summed E-state index contributed by atoms with van der Waals surface area (Å²) in [4.78, 5) is 24.1. The van der Waals surface area contributed by atoms with E-state index in [0.717, 1.165) is 10.6 Å². The average Bonchev–Trinajstić information content (AvgIpc) is 3.41. The van der Waals surface area contributed by atoms with Gasteiger partial charge in [0.25, 0.3) is 12.4 Å². The van der Waals surface area contributed by atoms with Crippen molar-refractivity contribution in [2.24, 2.45) is 0 Å². The zero-order valence-corrected chi connectivity index (χ0v) is 19.2. The number of amides is 2. The van der Waals surface area contributed by atoms with Gasteiger partial charge in [0.1, 0.15) is 0 Å². The van der Waals surface area contributed by atoms with Crippen molar-refractivity contribution in [3.05, 3.63) is 46.6 Å². The maximum atomic E-state index is 13.1. The molecule has 3 heterocycles. The number of carbonyl (C=O) groups is 1. The molecule has 176 valence electrons. The lowest BCUT2D eigenvalue weighted by atomic mass is 10.0. The van der Waals surface area contributed by atoms with Crippen LogP contribution < -0.4 is 15.5 Å². The molecule has 3 N–H and O–H groups in total. The maximum absolute atomic E-state index is 13.1. The number of alkyl halides is 2. The highest BCUT2D eigenvalue weighted by atomic mass is 32.1. The molecule has 3 atom stereocenters. The smallest absolute Gasteiger partial charge is 0.321 e. The summed E-state index contributed by atoms with van der Waals surface area (Å²) in [5.41, 5.74) is 1.37. The van der Waals surface area contributed by atoms with Crippen LogP contribution in [0.25, 0.3) is 11.3 Å². The standard InChI is InChI=1S/C22H25F2N5O3S/c1-11(10-30)26-20(31)28-21-27-16-7-12(2)29(13(3)18(16)33-21)22-25-9-17(32-22)14-5-4-6-15(8-14)19(23)24/h4-6,8-9,11-13,19,30H,7,10H2,1-3H3,(H2,26,27,28,31)/t11-,12+,13-/m0/s1. The number of aromatic nitrogens is 2. The van der Waals surface area contributed by atoms with Gasteiger partial charge < -0.3 is 19.7 Å². The van der Waals surface area contributed by atoms with E-state index in [4.69, 9.17) is 9.52 Å². The van der Waals surface area contributed by atoms with Gasteiger partial charge in [-0.1, -0.05) is 29.5 Å². The Morgan fingerprint density at radius 2 is 2.18 bits per heavy atom. The second kappa shape index (κ2) is 9.44. The molecule has 0 aliphatic carbocycles. The first-order valence-electron chi connectivity index (χ1n) is 10.6. The Balaban J connectivity index is 1.54. The van der Waals surface area contributed by atoms with Gasteiger partial charge in [0, 0.05) is 23.6 Å². The number of nitrogens with zero attached hydrogens (tertiary/aromatic N) is 3. The quantitative estimate of drug-likeness (QED) is 0.473. The largest absolute Gasteiger partial charge is 0.423 e. The maximum Gasteiger partial charge on any atom is 0.321 e. The molecule has 1 aromatic carbocycles. The summed E-state index contributed by atoms with van der Waals surface area (Å²) < 4.78 is 32.1. The fourth-order valence-electron chi connectivity index (χ4n) is 3.88. The number of nitrogens with one attached hydrogen (secondary N) is 2. The Morgan fingerprint density at radius 3 is 2.91 bits per heavy atom. The van der Waals surface area contributed by atoms with Crippen molar-refractivity contribution in [3.8, 4) is 11.3 Å². The molecule has 0 unspecified atom stereocenters. The zero-order valence-electron chi connectivity index (χ0n) is 18.4. The molecular weight excluding hydrogens is 452 g/mol. The fourth-order valence-corrected chi connectivity index (χ4v) is 4.92. The summed E-state index contributed by atoms with van der Waals surface area (Å²) in [6.45, 7) is 5.58. The highest BCUT2D eigenvalue weighted by Gasteiger charge is 2.35. The molecule has 0 spiro atoms. The van der Waals surface area contributed by atoms with Crippen LogP contribution in [0.3, 0.4) is 0 Å². The van der Waals surface area contributed by atoms with E-state index >= 15 is 0 Å². The summed E-state index contributed by atoms with van der Waals surface area (Å²) in [6, 6.07) is 5.57. The number of carbonyl (C=O) groups excluding carboxylic acids is 1. The molecule has 0 saturated carbocycles. The minimum Gasteiger partial charge on any atom is -0.423 e. The molecule has 0 radical (unpaired) electrons. The SMILES string of the molecule is C[C@@H]1Cc2nc(NC(=O)N[C@@H](C)CO)sc2[C@H](C)N1c1ncc(-c2cccc(C(F)F)c2)o1. The molecule has 1 aliphatic heterocycles. The van der Waals surface area contributed by atoms with Crippen LogP contribution in [0.1, 0.15) is 49.4 Å². The van der Waals surface area contributed by atoms with Gasteiger partial charge in [0.15, 0.2) is 10.9 Å². The van der Waals surface area contributed by atoms with E-state index in [9.17, 15) is 13.6 Å². The number of anilines is 2. The molecule has 2 aromatic heterocycles. The van der Waals surface area contributed by atoms with E-state index in [2.05, 4.69) is 20.6 Å². The van der Waals surface area contributed by atoms with Crippen LogP contribution in [0.2, 0.25) is 0 Å². The van der Waals surface area contributed by atoms with Crippen molar-refractivity contribution in [1.82, 2.24) is 15.3 Å². The second-order valence-corrected chi connectivity index (χ2v) is 9.11. The van der Waals surface area contributed by atoms with Crippen molar-refractivity contribution < 1.29 is 23.1 Å².